The van der Waals surface area contributed by atoms with E-state index in [4.69, 9.17) is 18.9 Å². The minimum atomic E-state index is -1.63. The Morgan fingerprint density at radius 3 is 0.914 bits per heavy atom. The van der Waals surface area contributed by atoms with Crippen LogP contribution in [0.3, 0.4) is 0 Å². The number of ether oxygens (including phenoxy) is 4. The van der Waals surface area contributed by atoms with E-state index in [1.807, 2.05) is 21.1 Å². The van der Waals surface area contributed by atoms with Gasteiger partial charge in [-0.15, -0.1) is 0 Å². The zero-order valence-electron chi connectivity index (χ0n) is 60.6. The summed E-state index contributed by atoms with van der Waals surface area (Å²) in [5.41, 5.74) is 0. The molecule has 0 aromatic rings. The number of rotatable bonds is 69. The first-order chi connectivity index (χ1) is 45.6. The number of quaternary nitrogens is 1. The molecule has 0 N–H and O–H groups in total. The second kappa shape index (κ2) is 73.0. The van der Waals surface area contributed by atoms with E-state index in [1.165, 1.54) is 161 Å². The molecule has 0 aliphatic carbocycles. The van der Waals surface area contributed by atoms with Crippen molar-refractivity contribution in [1.29, 1.82) is 0 Å². The number of carbonyl (C=O) groups is 3. The third kappa shape index (κ3) is 74.4. The highest BCUT2D eigenvalue weighted by Gasteiger charge is 2.22. The summed E-state index contributed by atoms with van der Waals surface area (Å²) < 4.78 is 22.8. The van der Waals surface area contributed by atoms with Gasteiger partial charge < -0.3 is 33.3 Å². The Morgan fingerprint density at radius 2 is 0.613 bits per heavy atom. The molecule has 0 rings (SSSR count). The van der Waals surface area contributed by atoms with Gasteiger partial charge in [-0.3, -0.25) is 9.59 Å². The molecule has 2 unspecified atom stereocenters. The van der Waals surface area contributed by atoms with E-state index in [9.17, 15) is 19.5 Å². The number of hydrogen-bond acceptors (Lipinski definition) is 8. The van der Waals surface area contributed by atoms with E-state index >= 15 is 0 Å². The first kappa shape index (κ1) is 88.2. The van der Waals surface area contributed by atoms with Crippen molar-refractivity contribution in [3.05, 3.63) is 146 Å². The molecule has 0 aliphatic heterocycles. The molecule has 2 atom stereocenters. The maximum absolute atomic E-state index is 13.0. The lowest BCUT2D eigenvalue weighted by atomic mass is 10.0. The molecule has 0 aromatic heterocycles. The predicted octanol–water partition coefficient (Wildman–Crippen LogP) is 22.9. The maximum Gasteiger partial charge on any atom is 0.306 e. The summed E-state index contributed by atoms with van der Waals surface area (Å²) >= 11 is 0. The Kier molecular flexibility index (Phi) is 69.2. The van der Waals surface area contributed by atoms with Crippen molar-refractivity contribution in [3.8, 4) is 0 Å². The summed E-state index contributed by atoms with van der Waals surface area (Å²) in [6, 6.07) is 0. The SMILES string of the molecule is CC/C=C\C/C=C\C/C=C\C/C=C\C/C=C\C/C=C\C/C=C\C/C=C\C/C=C\CCCCCCCCCCCCCC(=O)OC(COC(=O)CCCCCCCCCCCCCCCC/C=C\C/C=C\C/C=C\CCCCCCC)COC(OCC[N+](C)(C)C)C(=O)[O-]. The number of esters is 2. The van der Waals surface area contributed by atoms with Crippen LogP contribution in [-0.4, -0.2) is 82.3 Å². The molecule has 0 spiro atoms. The average Bonchev–Trinajstić information content (AvgIpc) is 3.38. The van der Waals surface area contributed by atoms with Gasteiger partial charge in [0.1, 0.15) is 13.2 Å². The van der Waals surface area contributed by atoms with E-state index in [-0.39, 0.29) is 38.6 Å². The monoisotopic (exact) mass is 1290 g/mol. The van der Waals surface area contributed by atoms with Gasteiger partial charge in [0, 0.05) is 12.8 Å². The Morgan fingerprint density at radius 1 is 0.333 bits per heavy atom. The molecule has 0 bridgehead atoms. The molecular weight excluding hydrogens is 1150 g/mol. The largest absolute Gasteiger partial charge is 0.545 e. The fourth-order valence-electron chi connectivity index (χ4n) is 10.3. The van der Waals surface area contributed by atoms with Gasteiger partial charge in [0.15, 0.2) is 12.4 Å². The minimum absolute atomic E-state index is 0.141. The quantitative estimate of drug-likeness (QED) is 0.0195. The van der Waals surface area contributed by atoms with Gasteiger partial charge >= 0.3 is 11.9 Å². The van der Waals surface area contributed by atoms with Gasteiger partial charge in [-0.2, -0.15) is 0 Å². The first-order valence-corrected chi connectivity index (χ1v) is 38.0. The predicted molar refractivity (Wildman–Crippen MR) is 398 cm³/mol. The average molecular weight is 1290 g/mol. The minimum Gasteiger partial charge on any atom is -0.545 e. The molecule has 0 fully saturated rings. The Hall–Kier alpha value is -4.83. The van der Waals surface area contributed by atoms with Crippen molar-refractivity contribution in [3.63, 3.8) is 0 Å². The fourth-order valence-corrected chi connectivity index (χ4v) is 10.3. The van der Waals surface area contributed by atoms with Gasteiger partial charge in [-0.1, -0.05) is 320 Å². The van der Waals surface area contributed by atoms with Crippen LogP contribution in [-0.2, 0) is 33.3 Å². The van der Waals surface area contributed by atoms with E-state index < -0.39 is 24.3 Å². The summed E-state index contributed by atoms with van der Waals surface area (Å²) in [5.74, 6) is -2.29. The molecule has 0 heterocycles. The maximum atomic E-state index is 13.0. The zero-order chi connectivity index (χ0) is 67.5. The van der Waals surface area contributed by atoms with Crippen LogP contribution in [0.4, 0.5) is 0 Å². The third-order valence-corrected chi connectivity index (χ3v) is 16.1. The molecule has 0 aromatic carbocycles. The lowest BCUT2D eigenvalue weighted by Gasteiger charge is -2.26. The molecule has 93 heavy (non-hydrogen) atoms. The molecular formula is C84H141NO8. The van der Waals surface area contributed by atoms with Gasteiger partial charge in [-0.25, -0.2) is 0 Å². The van der Waals surface area contributed by atoms with Crippen LogP contribution in [0.25, 0.3) is 0 Å². The van der Waals surface area contributed by atoms with Crippen molar-refractivity contribution >= 4 is 17.9 Å². The number of allylic oxidation sites excluding steroid dienone is 24. The summed E-state index contributed by atoms with van der Waals surface area (Å²) in [5, 5.41) is 11.8. The highest BCUT2D eigenvalue weighted by atomic mass is 16.7. The van der Waals surface area contributed by atoms with Crippen LogP contribution in [0.1, 0.15) is 309 Å². The summed E-state index contributed by atoms with van der Waals surface area (Å²) in [4.78, 5) is 37.6. The number of aliphatic carboxylic acids is 1. The second-order valence-corrected chi connectivity index (χ2v) is 26.2. The summed E-state index contributed by atoms with van der Waals surface area (Å²) in [6.07, 6.45) is 104. The van der Waals surface area contributed by atoms with Crippen molar-refractivity contribution in [2.75, 3.05) is 47.5 Å². The second-order valence-electron chi connectivity index (χ2n) is 26.2. The number of hydrogen-bond donors (Lipinski definition) is 0. The van der Waals surface area contributed by atoms with Gasteiger partial charge in [-0.05, 0) is 122 Å². The highest BCUT2D eigenvalue weighted by Crippen LogP contribution is 2.17. The number of carboxylic acids is 1. The molecule has 9 heteroatoms. The van der Waals surface area contributed by atoms with Crippen molar-refractivity contribution < 1.29 is 42.9 Å². The number of unbranched alkanes of at least 4 members (excludes halogenated alkanes) is 30. The highest BCUT2D eigenvalue weighted by molar-refractivity contribution is 5.70. The first-order valence-electron chi connectivity index (χ1n) is 38.0. The zero-order valence-corrected chi connectivity index (χ0v) is 60.6. The Labute approximate surface area is 572 Å². The van der Waals surface area contributed by atoms with Crippen LogP contribution in [0.5, 0.6) is 0 Å². The van der Waals surface area contributed by atoms with E-state index in [0.717, 1.165) is 116 Å². The van der Waals surface area contributed by atoms with E-state index in [0.29, 0.717) is 17.4 Å². The van der Waals surface area contributed by atoms with Gasteiger partial charge in [0.2, 0.25) is 0 Å². The van der Waals surface area contributed by atoms with Gasteiger partial charge in [0.25, 0.3) is 0 Å². The third-order valence-electron chi connectivity index (χ3n) is 16.1. The van der Waals surface area contributed by atoms with Crippen molar-refractivity contribution in [2.45, 2.75) is 322 Å². The van der Waals surface area contributed by atoms with Crippen molar-refractivity contribution in [1.82, 2.24) is 0 Å². The molecule has 0 amide bonds. The topological polar surface area (TPSA) is 111 Å². The van der Waals surface area contributed by atoms with Gasteiger partial charge in [0.05, 0.1) is 40.3 Å². The number of likely N-dealkylation sites (N-methyl/N-ethyl adjacent to an activating group) is 1. The van der Waals surface area contributed by atoms with Crippen LogP contribution in [0.2, 0.25) is 0 Å². The molecule has 0 saturated heterocycles. The molecule has 9 nitrogen and oxygen atoms in total. The Bertz CT molecular complexity index is 2040. The standard InChI is InChI=1S/C84H141NO8/c1-6-8-10-12-14-16-18-20-22-24-26-28-30-32-34-36-37-38-39-40-41-42-43-44-45-47-49-51-53-55-57-59-61-63-65-67-69-71-73-75-82(87)93-80(79-92-84(83(88)89)90-77-76-85(3,4)5)78-91-81(86)74-72-70-68-66-64-62-60-58-56-54-52-50-48-46-35-33-31-29-27-25-23-21-19-17-15-13-11-9-7-2/h8,10,14,16,19-22,25-28,31-34,37-38,40-41,43-44,47,49,80,84H,6-7,9,11-13,15,17-18,23-24,29-30,35-36,39,42,45-46,48,50-79H2,1-5H3/b10-8-,16-14-,21-19-,22-20-,27-25-,28-26-,33-31-,34-32-,38-37-,41-40-,44-43-,49-47-. The van der Waals surface area contributed by atoms with Crippen LogP contribution in [0.15, 0.2) is 146 Å². The lowest BCUT2D eigenvalue weighted by molar-refractivity contribution is -0.870. The number of nitrogens with zero attached hydrogens (tertiary/aromatic N) is 1. The van der Waals surface area contributed by atoms with Crippen LogP contribution in [0, 0.1) is 0 Å². The number of carboxylic acid groups (broad SMARTS) is 1. The number of carbonyl (C=O) groups excluding carboxylic acids is 3. The normalized spacial score (nSPS) is 13.5. The Balaban J connectivity index is 4.12. The lowest BCUT2D eigenvalue weighted by Crippen LogP contribution is -2.44. The van der Waals surface area contributed by atoms with Crippen molar-refractivity contribution in [2.24, 2.45) is 0 Å². The molecule has 0 radical (unpaired) electrons. The summed E-state index contributed by atoms with van der Waals surface area (Å²) in [6.45, 7) is 4.63. The smallest absolute Gasteiger partial charge is 0.306 e. The fraction of sp³-hybridized carbons (Fsp3) is 0.679. The molecule has 530 valence electrons. The van der Waals surface area contributed by atoms with E-state index in [1.54, 1.807) is 0 Å². The van der Waals surface area contributed by atoms with Crippen LogP contribution < -0.4 is 5.11 Å². The molecule has 0 saturated carbocycles. The van der Waals surface area contributed by atoms with Crippen LogP contribution >= 0.6 is 0 Å². The summed E-state index contributed by atoms with van der Waals surface area (Å²) in [7, 11) is 5.93. The van der Waals surface area contributed by atoms with E-state index in [2.05, 4.69) is 160 Å². The molecule has 0 aliphatic rings.